The van der Waals surface area contributed by atoms with Gasteiger partial charge in [-0.25, -0.2) is 0 Å². The summed E-state index contributed by atoms with van der Waals surface area (Å²) in [6.45, 7) is 1.90. The van der Waals surface area contributed by atoms with Crippen LogP contribution in [0.2, 0.25) is 0 Å². The van der Waals surface area contributed by atoms with Crippen LogP contribution in [0.1, 0.15) is 46.7 Å². The molecular formula is C29H27NO4. The molecule has 3 aromatic carbocycles. The van der Waals surface area contributed by atoms with Crippen LogP contribution >= 0.6 is 0 Å². The number of methoxy groups -OCH3 is 1. The van der Waals surface area contributed by atoms with Crippen molar-refractivity contribution in [2.45, 2.75) is 38.6 Å². The summed E-state index contributed by atoms with van der Waals surface area (Å²) in [5.41, 5.74) is 5.34. The van der Waals surface area contributed by atoms with Crippen molar-refractivity contribution < 1.29 is 19.4 Å². The van der Waals surface area contributed by atoms with Gasteiger partial charge in [-0.3, -0.25) is 14.5 Å². The number of fused-ring (bicyclic) bond motifs is 1. The van der Waals surface area contributed by atoms with Crippen molar-refractivity contribution in [2.24, 2.45) is 0 Å². The number of aryl methyl sites for hydroxylation is 3. The van der Waals surface area contributed by atoms with Crippen molar-refractivity contribution in [2.75, 3.05) is 12.0 Å². The van der Waals surface area contributed by atoms with E-state index in [9.17, 15) is 14.7 Å². The zero-order valence-corrected chi connectivity index (χ0v) is 19.4. The van der Waals surface area contributed by atoms with E-state index in [1.54, 1.807) is 7.11 Å². The van der Waals surface area contributed by atoms with Crippen LogP contribution in [0.5, 0.6) is 5.75 Å². The van der Waals surface area contributed by atoms with Crippen LogP contribution in [0.3, 0.4) is 0 Å². The molecule has 1 fully saturated rings. The molecule has 1 saturated heterocycles. The Bertz CT molecular complexity index is 1320. The zero-order chi connectivity index (χ0) is 23.8. The highest BCUT2D eigenvalue weighted by Crippen LogP contribution is 2.43. The summed E-state index contributed by atoms with van der Waals surface area (Å²) in [5.74, 6) is -0.870. The van der Waals surface area contributed by atoms with Gasteiger partial charge in [-0.05, 0) is 79.1 Å². The molecule has 5 heteroatoms. The number of aliphatic hydroxyl groups excluding tert-OH is 1. The standard InChI is InChI=1S/C29H27NO4/c1-18-8-3-6-13-24(18)30-26(21-11-7-12-23(17-21)34-2)25(28(32)29(30)33)27(31)22-15-14-19-9-4-5-10-20(19)16-22/h3,6-8,11-17,26,31H,4-5,9-10H2,1-2H3/b27-25-. The summed E-state index contributed by atoms with van der Waals surface area (Å²) in [4.78, 5) is 28.3. The van der Waals surface area contributed by atoms with Gasteiger partial charge in [0.2, 0.25) is 0 Å². The molecule has 5 rings (SSSR count). The molecule has 1 atom stereocenters. The zero-order valence-electron chi connectivity index (χ0n) is 19.4. The molecule has 2 aliphatic rings. The van der Waals surface area contributed by atoms with Gasteiger partial charge in [-0.1, -0.05) is 42.5 Å². The third kappa shape index (κ3) is 3.67. The third-order valence-electron chi connectivity index (χ3n) is 6.85. The van der Waals surface area contributed by atoms with E-state index in [2.05, 4.69) is 0 Å². The molecule has 1 aliphatic carbocycles. The van der Waals surface area contributed by atoms with E-state index in [-0.39, 0.29) is 11.3 Å². The monoisotopic (exact) mass is 453 g/mol. The summed E-state index contributed by atoms with van der Waals surface area (Å²) in [7, 11) is 1.57. The maximum absolute atomic E-state index is 13.4. The first kappa shape index (κ1) is 22.0. The lowest BCUT2D eigenvalue weighted by molar-refractivity contribution is -0.132. The Labute approximate surface area is 199 Å². The van der Waals surface area contributed by atoms with Gasteiger partial charge >= 0.3 is 0 Å². The number of carbonyl (C=O) groups excluding carboxylic acids is 2. The first-order chi connectivity index (χ1) is 16.5. The lowest BCUT2D eigenvalue weighted by Crippen LogP contribution is -2.30. The molecule has 0 bridgehead atoms. The number of rotatable bonds is 4. The average molecular weight is 454 g/mol. The van der Waals surface area contributed by atoms with Crippen LogP contribution in [0.15, 0.2) is 72.3 Å². The molecule has 0 radical (unpaired) electrons. The number of para-hydroxylation sites is 1. The second-order valence-electron chi connectivity index (χ2n) is 8.92. The minimum atomic E-state index is -0.771. The number of aliphatic hydroxyl groups is 1. The number of anilines is 1. The van der Waals surface area contributed by atoms with E-state index < -0.39 is 17.7 Å². The Kier molecular flexibility index (Phi) is 5.70. The highest BCUT2D eigenvalue weighted by atomic mass is 16.5. The van der Waals surface area contributed by atoms with E-state index >= 15 is 0 Å². The molecule has 34 heavy (non-hydrogen) atoms. The lowest BCUT2D eigenvalue weighted by atomic mass is 9.88. The molecule has 1 aliphatic heterocycles. The quantitative estimate of drug-likeness (QED) is 0.321. The number of carbonyl (C=O) groups is 2. The SMILES string of the molecule is COc1cccc(C2/C(=C(/O)c3ccc4c(c3)CCCC4)C(=O)C(=O)N2c2ccccc2C)c1. The molecule has 0 saturated carbocycles. The highest BCUT2D eigenvalue weighted by Gasteiger charge is 2.47. The summed E-state index contributed by atoms with van der Waals surface area (Å²) in [6.07, 6.45) is 4.25. The van der Waals surface area contributed by atoms with Gasteiger partial charge in [0.25, 0.3) is 11.7 Å². The molecule has 0 spiro atoms. The van der Waals surface area contributed by atoms with Gasteiger partial charge in [-0.15, -0.1) is 0 Å². The van der Waals surface area contributed by atoms with Crippen LogP contribution in [0.4, 0.5) is 5.69 Å². The molecule has 1 heterocycles. The van der Waals surface area contributed by atoms with Gasteiger partial charge < -0.3 is 9.84 Å². The maximum Gasteiger partial charge on any atom is 0.300 e. The fourth-order valence-corrected chi connectivity index (χ4v) is 5.08. The number of ketones is 1. The molecule has 172 valence electrons. The molecule has 3 aromatic rings. The topological polar surface area (TPSA) is 66.8 Å². The van der Waals surface area contributed by atoms with Crippen LogP contribution in [0.25, 0.3) is 5.76 Å². The lowest BCUT2D eigenvalue weighted by Gasteiger charge is -2.27. The largest absolute Gasteiger partial charge is 0.507 e. The smallest absolute Gasteiger partial charge is 0.300 e. The van der Waals surface area contributed by atoms with Crippen molar-refractivity contribution >= 4 is 23.1 Å². The third-order valence-corrected chi connectivity index (χ3v) is 6.85. The van der Waals surface area contributed by atoms with Crippen molar-refractivity contribution in [3.63, 3.8) is 0 Å². The van der Waals surface area contributed by atoms with Gasteiger partial charge in [0.1, 0.15) is 11.5 Å². The number of hydrogen-bond acceptors (Lipinski definition) is 4. The number of nitrogens with zero attached hydrogens (tertiary/aromatic N) is 1. The number of benzene rings is 3. The Hall–Kier alpha value is -3.86. The molecular weight excluding hydrogens is 426 g/mol. The molecule has 0 aromatic heterocycles. The molecule has 1 unspecified atom stereocenters. The van der Waals surface area contributed by atoms with E-state index in [1.165, 1.54) is 16.0 Å². The first-order valence-electron chi connectivity index (χ1n) is 11.6. The summed E-state index contributed by atoms with van der Waals surface area (Å²) in [6, 6.07) is 19.8. The molecule has 1 N–H and O–H groups in total. The Morgan fingerprint density at radius 2 is 1.71 bits per heavy atom. The van der Waals surface area contributed by atoms with Crippen molar-refractivity contribution in [3.05, 3.63) is 100 Å². The van der Waals surface area contributed by atoms with Gasteiger partial charge in [0, 0.05) is 11.3 Å². The minimum Gasteiger partial charge on any atom is -0.507 e. The number of ether oxygens (including phenoxy) is 1. The second-order valence-corrected chi connectivity index (χ2v) is 8.92. The van der Waals surface area contributed by atoms with Crippen molar-refractivity contribution in [3.8, 4) is 5.75 Å². The Balaban J connectivity index is 1.72. The van der Waals surface area contributed by atoms with E-state index in [1.807, 2.05) is 73.7 Å². The summed E-state index contributed by atoms with van der Waals surface area (Å²) < 4.78 is 5.41. The van der Waals surface area contributed by atoms with E-state index in [0.717, 1.165) is 31.2 Å². The van der Waals surface area contributed by atoms with Gasteiger partial charge in [0.15, 0.2) is 0 Å². The summed E-state index contributed by atoms with van der Waals surface area (Å²) in [5, 5.41) is 11.5. The van der Waals surface area contributed by atoms with Crippen molar-refractivity contribution in [1.29, 1.82) is 0 Å². The highest BCUT2D eigenvalue weighted by molar-refractivity contribution is 6.51. The van der Waals surface area contributed by atoms with Gasteiger partial charge in [-0.2, -0.15) is 0 Å². The minimum absolute atomic E-state index is 0.0947. The van der Waals surface area contributed by atoms with E-state index in [4.69, 9.17) is 4.74 Å². The predicted octanol–water partition coefficient (Wildman–Crippen LogP) is 5.51. The maximum atomic E-state index is 13.4. The predicted molar refractivity (Wildman–Crippen MR) is 132 cm³/mol. The number of amides is 1. The second kappa shape index (κ2) is 8.82. The fourth-order valence-electron chi connectivity index (χ4n) is 5.08. The normalized spacial score (nSPS) is 19.2. The average Bonchev–Trinajstić information content (AvgIpc) is 3.13. The summed E-state index contributed by atoms with van der Waals surface area (Å²) >= 11 is 0. The van der Waals surface area contributed by atoms with Crippen LogP contribution in [-0.4, -0.2) is 23.9 Å². The first-order valence-corrected chi connectivity index (χ1v) is 11.6. The van der Waals surface area contributed by atoms with E-state index in [0.29, 0.717) is 22.6 Å². The van der Waals surface area contributed by atoms with Crippen LogP contribution in [-0.2, 0) is 22.4 Å². The molecule has 5 nitrogen and oxygen atoms in total. The number of Topliss-reactive ketones (excluding diaryl/α,β-unsaturated/α-hetero) is 1. The van der Waals surface area contributed by atoms with Gasteiger partial charge in [0.05, 0.1) is 18.7 Å². The fraction of sp³-hybridized carbons (Fsp3) is 0.241. The van der Waals surface area contributed by atoms with Crippen LogP contribution < -0.4 is 9.64 Å². The Morgan fingerprint density at radius 3 is 2.47 bits per heavy atom. The van der Waals surface area contributed by atoms with Crippen molar-refractivity contribution in [1.82, 2.24) is 0 Å². The Morgan fingerprint density at radius 1 is 0.941 bits per heavy atom. The number of hydrogen-bond donors (Lipinski definition) is 1. The molecule has 1 amide bonds. The van der Waals surface area contributed by atoms with Crippen LogP contribution in [0, 0.1) is 6.92 Å².